The van der Waals surface area contributed by atoms with Crippen molar-refractivity contribution in [1.29, 1.82) is 0 Å². The summed E-state index contributed by atoms with van der Waals surface area (Å²) in [6, 6.07) is -0.0334. The fourth-order valence-electron chi connectivity index (χ4n) is 2.73. The van der Waals surface area contributed by atoms with Crippen LogP contribution in [-0.4, -0.2) is 32.8 Å². The normalized spacial score (nSPS) is 25.2. The quantitative estimate of drug-likeness (QED) is 0.726. The minimum atomic E-state index is -3.45. The molecule has 3 unspecified atom stereocenters. The highest BCUT2D eigenvalue weighted by Crippen LogP contribution is 2.32. The van der Waals surface area contributed by atoms with E-state index in [1.807, 2.05) is 13.8 Å². The lowest BCUT2D eigenvalue weighted by molar-refractivity contribution is -0.145. The summed E-state index contributed by atoms with van der Waals surface area (Å²) in [6.07, 6.45) is 4.43. The largest absolute Gasteiger partial charge is 0.469 e. The van der Waals surface area contributed by atoms with E-state index in [0.717, 1.165) is 25.7 Å². The zero-order valence-corrected chi connectivity index (χ0v) is 12.8. The van der Waals surface area contributed by atoms with Crippen molar-refractivity contribution in [3.8, 4) is 0 Å². The van der Waals surface area contributed by atoms with Crippen LogP contribution < -0.4 is 4.72 Å². The summed E-state index contributed by atoms with van der Waals surface area (Å²) < 4.78 is 32.2. The smallest absolute Gasteiger partial charge is 0.310 e. The van der Waals surface area contributed by atoms with Crippen LogP contribution in [0.15, 0.2) is 0 Å². The molecule has 6 heteroatoms. The summed E-state index contributed by atoms with van der Waals surface area (Å²) in [6.45, 7) is 4.00. The maximum Gasteiger partial charge on any atom is 0.310 e. The number of carbonyl (C=O) groups is 1. The molecule has 1 aliphatic carbocycles. The van der Waals surface area contributed by atoms with Crippen molar-refractivity contribution >= 4 is 16.0 Å². The Balaban J connectivity index is 2.78. The molecule has 0 radical (unpaired) electrons. The average molecular weight is 291 g/mol. The molecule has 112 valence electrons. The molecular formula is C13H25NO4S. The number of rotatable bonds is 7. The minimum Gasteiger partial charge on any atom is -0.469 e. The monoisotopic (exact) mass is 291 g/mol. The van der Waals surface area contributed by atoms with Crippen molar-refractivity contribution in [2.75, 3.05) is 7.11 Å². The van der Waals surface area contributed by atoms with E-state index in [1.165, 1.54) is 7.11 Å². The van der Waals surface area contributed by atoms with E-state index in [4.69, 9.17) is 4.74 Å². The first-order valence-corrected chi connectivity index (χ1v) is 8.59. The number of ether oxygens (including phenoxy) is 1. The molecule has 0 aromatic heterocycles. The summed E-state index contributed by atoms with van der Waals surface area (Å²) in [4.78, 5) is 11.6. The van der Waals surface area contributed by atoms with Crippen LogP contribution in [0.3, 0.4) is 0 Å². The number of sulfonamides is 1. The standard InChI is InChI=1S/C13H25NO4S/c1-4-7-10(5-2)14-19(16,17)12-9-6-8-11(12)13(15)18-3/h10-12,14H,4-9H2,1-3H3. The van der Waals surface area contributed by atoms with Crippen LogP contribution in [0.1, 0.15) is 52.4 Å². The second kappa shape index (κ2) is 7.24. The first-order chi connectivity index (χ1) is 8.96. The van der Waals surface area contributed by atoms with Crippen LogP contribution in [0.2, 0.25) is 0 Å². The molecule has 1 rings (SSSR count). The molecule has 0 aromatic carbocycles. The van der Waals surface area contributed by atoms with Gasteiger partial charge in [0.1, 0.15) is 0 Å². The van der Waals surface area contributed by atoms with Gasteiger partial charge in [-0.2, -0.15) is 0 Å². The van der Waals surface area contributed by atoms with Crippen molar-refractivity contribution < 1.29 is 17.9 Å². The zero-order valence-electron chi connectivity index (χ0n) is 12.0. The van der Waals surface area contributed by atoms with Gasteiger partial charge >= 0.3 is 5.97 Å². The second-order valence-electron chi connectivity index (χ2n) is 5.16. The molecule has 1 fully saturated rings. The van der Waals surface area contributed by atoms with Crippen molar-refractivity contribution in [2.45, 2.75) is 63.7 Å². The van der Waals surface area contributed by atoms with Gasteiger partial charge in [0.05, 0.1) is 18.3 Å². The number of esters is 1. The van der Waals surface area contributed by atoms with Gasteiger partial charge in [0, 0.05) is 6.04 Å². The Morgan fingerprint density at radius 2 is 2.05 bits per heavy atom. The summed E-state index contributed by atoms with van der Waals surface area (Å²) in [7, 11) is -2.14. The van der Waals surface area contributed by atoms with Gasteiger partial charge in [-0.15, -0.1) is 0 Å². The Morgan fingerprint density at radius 3 is 2.58 bits per heavy atom. The lowest BCUT2D eigenvalue weighted by Crippen LogP contribution is -2.43. The van der Waals surface area contributed by atoms with Crippen LogP contribution in [-0.2, 0) is 19.6 Å². The fourth-order valence-corrected chi connectivity index (χ4v) is 4.81. The van der Waals surface area contributed by atoms with E-state index in [2.05, 4.69) is 4.72 Å². The Kier molecular flexibility index (Phi) is 6.26. The van der Waals surface area contributed by atoms with Gasteiger partial charge in [0.25, 0.3) is 0 Å². The maximum atomic E-state index is 12.4. The number of hydrogen-bond donors (Lipinski definition) is 1. The van der Waals surface area contributed by atoms with Crippen LogP contribution in [0.5, 0.6) is 0 Å². The van der Waals surface area contributed by atoms with Crippen LogP contribution in [0, 0.1) is 5.92 Å². The minimum absolute atomic E-state index is 0.0334. The van der Waals surface area contributed by atoms with Gasteiger partial charge in [-0.1, -0.05) is 26.7 Å². The lowest BCUT2D eigenvalue weighted by Gasteiger charge is -2.22. The molecule has 5 nitrogen and oxygen atoms in total. The van der Waals surface area contributed by atoms with E-state index in [0.29, 0.717) is 12.8 Å². The average Bonchev–Trinajstić information content (AvgIpc) is 2.87. The summed E-state index contributed by atoms with van der Waals surface area (Å²) in [5, 5.41) is -0.633. The molecule has 0 aromatic rings. The molecule has 1 N–H and O–H groups in total. The molecule has 0 aliphatic heterocycles. The van der Waals surface area contributed by atoms with Gasteiger partial charge in [0.15, 0.2) is 0 Å². The molecule has 19 heavy (non-hydrogen) atoms. The number of methoxy groups -OCH3 is 1. The highest BCUT2D eigenvalue weighted by Gasteiger charge is 2.42. The predicted molar refractivity (Wildman–Crippen MR) is 74.2 cm³/mol. The van der Waals surface area contributed by atoms with Crippen molar-refractivity contribution in [3.05, 3.63) is 0 Å². The van der Waals surface area contributed by atoms with E-state index in [1.54, 1.807) is 0 Å². The Labute approximate surface area is 116 Å². The van der Waals surface area contributed by atoms with Gasteiger partial charge < -0.3 is 4.74 Å². The third-order valence-electron chi connectivity index (χ3n) is 3.82. The fraction of sp³-hybridized carbons (Fsp3) is 0.923. The SMILES string of the molecule is CCCC(CC)NS(=O)(=O)C1CCCC1C(=O)OC. The van der Waals surface area contributed by atoms with E-state index in [-0.39, 0.29) is 6.04 Å². The van der Waals surface area contributed by atoms with Crippen molar-refractivity contribution in [3.63, 3.8) is 0 Å². The predicted octanol–water partition coefficient (Wildman–Crippen LogP) is 1.83. The first-order valence-electron chi connectivity index (χ1n) is 7.05. The summed E-state index contributed by atoms with van der Waals surface area (Å²) in [5.74, 6) is -0.918. The highest BCUT2D eigenvalue weighted by molar-refractivity contribution is 7.90. The van der Waals surface area contributed by atoms with Crippen molar-refractivity contribution in [2.24, 2.45) is 5.92 Å². The van der Waals surface area contributed by atoms with Crippen LogP contribution >= 0.6 is 0 Å². The Morgan fingerprint density at radius 1 is 1.37 bits per heavy atom. The molecule has 0 heterocycles. The van der Waals surface area contributed by atoms with Gasteiger partial charge in [0.2, 0.25) is 10.0 Å². The Bertz CT molecular complexity index is 393. The maximum absolute atomic E-state index is 12.4. The third-order valence-corrected chi connectivity index (χ3v) is 5.84. The van der Waals surface area contributed by atoms with Gasteiger partial charge in [-0.25, -0.2) is 13.1 Å². The number of carbonyl (C=O) groups excluding carboxylic acids is 1. The van der Waals surface area contributed by atoms with E-state index in [9.17, 15) is 13.2 Å². The topological polar surface area (TPSA) is 72.5 Å². The van der Waals surface area contributed by atoms with Gasteiger partial charge in [-0.3, -0.25) is 4.79 Å². The molecule has 1 aliphatic rings. The highest BCUT2D eigenvalue weighted by atomic mass is 32.2. The lowest BCUT2D eigenvalue weighted by atomic mass is 10.1. The van der Waals surface area contributed by atoms with Crippen LogP contribution in [0.4, 0.5) is 0 Å². The molecule has 3 atom stereocenters. The molecule has 1 saturated carbocycles. The summed E-state index contributed by atoms with van der Waals surface area (Å²) in [5.41, 5.74) is 0. The molecule has 0 amide bonds. The second-order valence-corrected chi connectivity index (χ2v) is 7.09. The van der Waals surface area contributed by atoms with Crippen molar-refractivity contribution in [1.82, 2.24) is 4.72 Å². The zero-order chi connectivity index (χ0) is 14.5. The van der Waals surface area contributed by atoms with E-state index < -0.39 is 27.2 Å². The molecule has 0 bridgehead atoms. The van der Waals surface area contributed by atoms with Crippen LogP contribution in [0.25, 0.3) is 0 Å². The number of nitrogens with one attached hydrogen (secondary N) is 1. The number of hydrogen-bond acceptors (Lipinski definition) is 4. The first kappa shape index (κ1) is 16.4. The summed E-state index contributed by atoms with van der Waals surface area (Å²) >= 11 is 0. The third kappa shape index (κ3) is 4.18. The van der Waals surface area contributed by atoms with E-state index >= 15 is 0 Å². The molecular weight excluding hydrogens is 266 g/mol. The molecule has 0 spiro atoms. The Hall–Kier alpha value is -0.620. The molecule has 0 saturated heterocycles. The van der Waals surface area contributed by atoms with Gasteiger partial charge in [-0.05, 0) is 25.7 Å².